The first-order chi connectivity index (χ1) is 42.3. The monoisotopic (exact) mass is 1190 g/mol. The Morgan fingerprint density at radius 3 is 0.247 bits per heavy atom. The van der Waals surface area contributed by atoms with E-state index in [0.29, 0.717) is 0 Å². The van der Waals surface area contributed by atoms with Crippen LogP contribution in [0.25, 0.3) is 0 Å². The van der Waals surface area contributed by atoms with E-state index in [9.17, 15) is 0 Å². The topological polar surface area (TPSA) is 3.24 Å². The van der Waals surface area contributed by atoms with E-state index < -0.39 is 0 Å². The van der Waals surface area contributed by atoms with Gasteiger partial charge in [0, 0.05) is 0 Å². The van der Waals surface area contributed by atoms with Gasteiger partial charge in [-0.05, 0) is 38.9 Å². The highest BCUT2D eigenvalue weighted by Gasteiger charge is 2.07. The summed E-state index contributed by atoms with van der Waals surface area (Å²) in [5.74, 6) is 0. The first kappa shape index (κ1) is 85.0. The van der Waals surface area contributed by atoms with Gasteiger partial charge in [0.05, 0.1) is 0 Å². The highest BCUT2D eigenvalue weighted by molar-refractivity contribution is 4.62. The van der Waals surface area contributed by atoms with Gasteiger partial charge in [-0.3, -0.25) is 0 Å². The van der Waals surface area contributed by atoms with Crippen LogP contribution in [0.1, 0.15) is 522 Å². The summed E-state index contributed by atoms with van der Waals surface area (Å²) in [6.45, 7) is 11.1. The van der Waals surface area contributed by atoms with Crippen molar-refractivity contribution in [3.05, 3.63) is 0 Å². The Morgan fingerprint density at radius 1 is 0.0941 bits per heavy atom. The summed E-state index contributed by atoms with van der Waals surface area (Å²) in [6, 6.07) is 0. The Kier molecular flexibility index (Phi) is 81.9. The van der Waals surface area contributed by atoms with Crippen molar-refractivity contribution in [3.8, 4) is 0 Å². The van der Waals surface area contributed by atoms with Gasteiger partial charge in [-0.2, -0.15) is 0 Å². The third-order valence-corrected chi connectivity index (χ3v) is 20.5. The molecule has 0 N–H and O–H groups in total. The average molecular weight is 1200 g/mol. The van der Waals surface area contributed by atoms with Crippen molar-refractivity contribution in [3.63, 3.8) is 0 Å². The largest absolute Gasteiger partial charge is 0.303 e. The molecule has 1 nitrogen and oxygen atoms in total. The molecule has 0 heterocycles. The van der Waals surface area contributed by atoms with Crippen LogP contribution in [0.15, 0.2) is 0 Å². The Bertz CT molecular complexity index is 949. The van der Waals surface area contributed by atoms with Gasteiger partial charge in [0.1, 0.15) is 0 Å². The number of hydrogen-bond donors (Lipinski definition) is 0. The minimum Gasteiger partial charge on any atom is -0.303 e. The van der Waals surface area contributed by atoms with Gasteiger partial charge in [-0.25, -0.2) is 0 Å². The molecule has 0 saturated carbocycles. The van der Waals surface area contributed by atoms with Crippen molar-refractivity contribution >= 4 is 0 Å². The Morgan fingerprint density at radius 2 is 0.165 bits per heavy atom. The van der Waals surface area contributed by atoms with Crippen LogP contribution in [0.4, 0.5) is 0 Å². The van der Waals surface area contributed by atoms with Crippen molar-refractivity contribution in [2.24, 2.45) is 0 Å². The van der Waals surface area contributed by atoms with E-state index in [1.54, 1.807) is 0 Å². The molecule has 0 rings (SSSR count). The van der Waals surface area contributed by atoms with Crippen molar-refractivity contribution < 1.29 is 0 Å². The molecule has 0 saturated heterocycles. The molecule has 1 heteroatoms. The summed E-state index contributed by atoms with van der Waals surface area (Å²) in [4.78, 5) is 2.91. The van der Waals surface area contributed by atoms with E-state index in [-0.39, 0.29) is 0 Å². The third-order valence-electron chi connectivity index (χ3n) is 20.5. The number of rotatable bonds is 81. The maximum absolute atomic E-state index is 2.91. The van der Waals surface area contributed by atoms with Crippen molar-refractivity contribution in [1.29, 1.82) is 0 Å². The lowest BCUT2D eigenvalue weighted by Gasteiger charge is -2.22. The molecule has 0 spiro atoms. The molecule has 0 unspecified atom stereocenters. The van der Waals surface area contributed by atoms with E-state index in [0.717, 1.165) is 0 Å². The summed E-state index contributed by atoms with van der Waals surface area (Å²) in [7, 11) is 0. The predicted molar refractivity (Wildman–Crippen MR) is 394 cm³/mol. The van der Waals surface area contributed by atoms with Gasteiger partial charge in [-0.1, -0.05) is 502 Å². The maximum atomic E-state index is 2.91. The fraction of sp³-hybridized carbons (Fsp3) is 1.00. The first-order valence-corrected chi connectivity index (χ1v) is 42.1. The number of hydrogen-bond acceptors (Lipinski definition) is 1. The van der Waals surface area contributed by atoms with E-state index >= 15 is 0 Å². The number of nitrogens with zero attached hydrogens (tertiary/aromatic N) is 1. The third kappa shape index (κ3) is 80.0. The van der Waals surface area contributed by atoms with Crippen LogP contribution in [0.5, 0.6) is 0 Å². The van der Waals surface area contributed by atoms with E-state index in [1.807, 2.05) is 0 Å². The first-order valence-electron chi connectivity index (χ1n) is 42.1. The molecule has 85 heavy (non-hydrogen) atoms. The fourth-order valence-corrected chi connectivity index (χ4v) is 14.3. The second kappa shape index (κ2) is 82.0. The fourth-order valence-electron chi connectivity index (χ4n) is 14.3. The van der Waals surface area contributed by atoms with Crippen molar-refractivity contribution in [1.82, 2.24) is 4.90 Å². The van der Waals surface area contributed by atoms with Gasteiger partial charge in [0.25, 0.3) is 0 Å². The molecule has 0 aromatic rings. The zero-order chi connectivity index (χ0) is 60.9. The summed E-state index contributed by atoms with van der Waals surface area (Å²) < 4.78 is 0. The summed E-state index contributed by atoms with van der Waals surface area (Å²) >= 11 is 0. The summed E-state index contributed by atoms with van der Waals surface area (Å²) in [5.41, 5.74) is 0. The minimum atomic E-state index is 1.37. The van der Waals surface area contributed by atoms with Crippen LogP contribution in [0, 0.1) is 0 Å². The molecule has 0 aromatic heterocycles. The van der Waals surface area contributed by atoms with Crippen LogP contribution in [-0.2, 0) is 0 Å². The Hall–Kier alpha value is -0.0400. The van der Waals surface area contributed by atoms with Crippen LogP contribution < -0.4 is 0 Å². The second-order valence-electron chi connectivity index (χ2n) is 29.4. The quantitative estimate of drug-likeness (QED) is 0.0549. The molecule has 0 fully saturated rings. The van der Waals surface area contributed by atoms with Crippen LogP contribution in [0.3, 0.4) is 0 Å². The van der Waals surface area contributed by atoms with E-state index in [1.165, 1.54) is 520 Å². The number of unbranched alkanes of at least 4 members (excludes halogenated alkanes) is 75. The Labute approximate surface area is 543 Å². The molecule has 0 aliphatic carbocycles. The van der Waals surface area contributed by atoms with Gasteiger partial charge in [0.2, 0.25) is 0 Å². The minimum absolute atomic E-state index is 1.37. The molecular formula is C84H171N. The molecule has 0 aliphatic rings. The lowest BCUT2D eigenvalue weighted by molar-refractivity contribution is 0.254. The second-order valence-corrected chi connectivity index (χ2v) is 29.4. The highest BCUT2D eigenvalue weighted by Crippen LogP contribution is 2.21. The lowest BCUT2D eigenvalue weighted by atomic mass is 10.0. The van der Waals surface area contributed by atoms with Crippen molar-refractivity contribution in [2.75, 3.05) is 19.6 Å². The van der Waals surface area contributed by atoms with Crippen molar-refractivity contribution in [2.45, 2.75) is 522 Å². The van der Waals surface area contributed by atoms with E-state index in [2.05, 4.69) is 25.7 Å². The highest BCUT2D eigenvalue weighted by atomic mass is 15.1. The standard InChI is InChI=1S/C84H171N/c1-4-7-10-13-16-19-22-25-28-31-34-37-40-43-46-49-52-55-58-61-64-67-70-73-76-79-82-85(83-80-77-74-71-68-65-62-59-56-53-50-47-44-41-38-35-32-29-26-23-20-17-14-11-8-5-2)84-81-78-75-72-69-66-63-60-57-54-51-48-45-42-39-36-33-30-27-24-21-18-15-12-9-6-3/h4-84H2,1-3H3. The zero-order valence-corrected chi connectivity index (χ0v) is 60.7. The van der Waals surface area contributed by atoms with Gasteiger partial charge in [-0.15, -0.1) is 0 Å². The maximum Gasteiger partial charge on any atom is -0.00187 e. The molecular weight excluding hydrogens is 1020 g/mol. The predicted octanol–water partition coefficient (Wildman–Crippen LogP) is 31.8. The summed E-state index contributed by atoms with van der Waals surface area (Å²) in [5, 5.41) is 0. The van der Waals surface area contributed by atoms with Crippen LogP contribution in [0.2, 0.25) is 0 Å². The molecule has 0 radical (unpaired) electrons. The molecule has 0 amide bonds. The van der Waals surface area contributed by atoms with Gasteiger partial charge < -0.3 is 4.90 Å². The molecule has 0 aliphatic heterocycles. The molecule has 0 bridgehead atoms. The SMILES string of the molecule is CCCCCCCCCCCCCCCCCCCCCCCCCCCCN(CCCCCCCCCCCCCCCCCCCCCCCCCCCC)CCCCCCCCCCCCCCCCCCCCCCCCCCCC. The van der Waals surface area contributed by atoms with Gasteiger partial charge >= 0.3 is 0 Å². The average Bonchev–Trinajstić information content (AvgIpc) is 3.51. The molecule has 0 aromatic carbocycles. The van der Waals surface area contributed by atoms with Gasteiger partial charge in [0.15, 0.2) is 0 Å². The van der Waals surface area contributed by atoms with Crippen LogP contribution >= 0.6 is 0 Å². The zero-order valence-electron chi connectivity index (χ0n) is 60.7. The Balaban J connectivity index is 4.00. The normalized spacial score (nSPS) is 11.9. The van der Waals surface area contributed by atoms with Crippen LogP contribution in [-0.4, -0.2) is 24.5 Å². The molecule has 512 valence electrons. The smallest absolute Gasteiger partial charge is 0.00187 e. The lowest BCUT2D eigenvalue weighted by Crippen LogP contribution is -2.27. The summed E-state index contributed by atoms with van der Waals surface area (Å²) in [6.07, 6.45) is 116. The van der Waals surface area contributed by atoms with E-state index in [4.69, 9.17) is 0 Å². The molecule has 0 atom stereocenters.